The molecule has 0 amide bonds. The predicted molar refractivity (Wildman–Crippen MR) is 239 cm³/mol. The van der Waals surface area contributed by atoms with Crippen molar-refractivity contribution < 1.29 is 0 Å². The zero-order valence-electron chi connectivity index (χ0n) is 29.6. The first-order chi connectivity index (χ1) is 27.3. The van der Waals surface area contributed by atoms with E-state index in [9.17, 15) is 0 Å². The fourth-order valence-electron chi connectivity index (χ4n) is 8.69. The van der Waals surface area contributed by atoms with Gasteiger partial charge in [-0.15, -0.1) is 22.7 Å². The molecule has 3 nitrogen and oxygen atoms in total. The van der Waals surface area contributed by atoms with Gasteiger partial charge in [0.2, 0.25) is 0 Å². The molecule has 0 aliphatic carbocycles. The van der Waals surface area contributed by atoms with Crippen LogP contribution >= 0.6 is 22.7 Å². The minimum absolute atomic E-state index is 1.14. The summed E-state index contributed by atoms with van der Waals surface area (Å²) in [6.45, 7) is 0. The van der Waals surface area contributed by atoms with Crippen LogP contribution in [0.2, 0.25) is 0 Å². The van der Waals surface area contributed by atoms with E-state index in [0.717, 1.165) is 34.1 Å². The maximum atomic E-state index is 2.57. The summed E-state index contributed by atoms with van der Waals surface area (Å²) < 4.78 is 5.19. The first kappa shape index (κ1) is 30.8. The Morgan fingerprint density at radius 3 is 1.35 bits per heavy atom. The maximum absolute atomic E-state index is 2.57. The molecule has 0 saturated heterocycles. The normalized spacial score (nSPS) is 12.0. The lowest BCUT2D eigenvalue weighted by molar-refractivity contribution is 1.29. The quantitative estimate of drug-likeness (QED) is 0.168. The summed E-state index contributed by atoms with van der Waals surface area (Å²) in [6, 6.07) is 68.3. The van der Waals surface area contributed by atoms with Gasteiger partial charge in [-0.2, -0.15) is 0 Å². The van der Waals surface area contributed by atoms with Crippen LogP contribution in [0.4, 0.5) is 34.1 Å². The van der Waals surface area contributed by atoms with Gasteiger partial charge in [0.25, 0.3) is 0 Å². The van der Waals surface area contributed by atoms with E-state index in [1.165, 1.54) is 67.7 Å². The fraction of sp³-hybridized carbons (Fsp3) is 0. The molecule has 4 heterocycles. The third-order valence-electron chi connectivity index (χ3n) is 11.0. The van der Waals surface area contributed by atoms with Crippen LogP contribution in [0.15, 0.2) is 188 Å². The molecule has 8 aromatic carbocycles. The molecule has 0 bridgehead atoms. The number of para-hydroxylation sites is 5. The summed E-state index contributed by atoms with van der Waals surface area (Å²) >= 11 is 3.82. The predicted octanol–water partition coefficient (Wildman–Crippen LogP) is 15.4. The Kier molecular flexibility index (Phi) is 6.67. The monoisotopic (exact) mass is 737 g/mol. The second kappa shape index (κ2) is 11.9. The van der Waals surface area contributed by atoms with E-state index >= 15 is 0 Å². The number of hydrogen-bond acceptors (Lipinski definition) is 4. The highest BCUT2D eigenvalue weighted by Crippen LogP contribution is 2.51. The molecular weight excluding hydrogens is 707 g/mol. The van der Waals surface area contributed by atoms with Gasteiger partial charge >= 0.3 is 0 Å². The molecule has 0 spiro atoms. The minimum Gasteiger partial charge on any atom is -0.310 e. The first-order valence-corrected chi connectivity index (χ1v) is 20.2. The Balaban J connectivity index is 1.06. The summed E-state index contributed by atoms with van der Waals surface area (Å²) in [5, 5.41) is 10.5. The molecular formula is C50H31N3S2. The first-order valence-electron chi connectivity index (χ1n) is 18.6. The van der Waals surface area contributed by atoms with E-state index in [1.807, 2.05) is 22.7 Å². The fourth-order valence-corrected chi connectivity index (χ4v) is 11.2. The van der Waals surface area contributed by atoms with Crippen LogP contribution in [0.5, 0.6) is 0 Å². The molecule has 258 valence electrons. The molecule has 0 saturated carbocycles. The van der Waals surface area contributed by atoms with Gasteiger partial charge in [0.1, 0.15) is 9.66 Å². The van der Waals surface area contributed by atoms with Gasteiger partial charge in [0.15, 0.2) is 0 Å². The molecule has 0 aliphatic rings. The largest absolute Gasteiger partial charge is 0.310 e. The number of fused-ring (bicyclic) bond motifs is 11. The molecule has 0 unspecified atom stereocenters. The van der Waals surface area contributed by atoms with Crippen molar-refractivity contribution >= 4 is 124 Å². The van der Waals surface area contributed by atoms with Gasteiger partial charge in [-0.1, -0.05) is 97.1 Å². The van der Waals surface area contributed by atoms with Gasteiger partial charge in [-0.3, -0.25) is 4.40 Å². The van der Waals surface area contributed by atoms with Crippen molar-refractivity contribution in [2.75, 3.05) is 9.80 Å². The summed E-state index contributed by atoms with van der Waals surface area (Å²) in [5.41, 5.74) is 8.22. The zero-order valence-corrected chi connectivity index (χ0v) is 31.2. The molecule has 0 fully saturated rings. The molecule has 12 aromatic rings. The SMILES string of the molecule is c1ccc(N(c2ccccc2)c2ccc3cc4c(cc3c2)sc2c4c3cccc4c5c6cc(N(c7ccccc7)c7ccccc7)ccc6sc5n2c43)cc1. The van der Waals surface area contributed by atoms with Gasteiger partial charge in [-0.05, 0) is 102 Å². The average molecular weight is 738 g/mol. The van der Waals surface area contributed by atoms with Gasteiger partial charge in [0, 0.05) is 75.8 Å². The highest BCUT2D eigenvalue weighted by Gasteiger charge is 2.25. The molecule has 0 atom stereocenters. The second-order valence-electron chi connectivity index (χ2n) is 14.2. The number of aromatic nitrogens is 1. The third-order valence-corrected chi connectivity index (χ3v) is 13.3. The van der Waals surface area contributed by atoms with E-state index in [0.29, 0.717) is 0 Å². The van der Waals surface area contributed by atoms with Crippen LogP contribution in [-0.2, 0) is 0 Å². The van der Waals surface area contributed by atoms with E-state index in [1.54, 1.807) is 0 Å². The molecule has 5 heteroatoms. The highest BCUT2D eigenvalue weighted by atomic mass is 32.1. The Hall–Kier alpha value is -6.66. The highest BCUT2D eigenvalue weighted by molar-refractivity contribution is 7.27. The average Bonchev–Trinajstić information content (AvgIpc) is 3.97. The standard InChI is InChI=1S/C50H31N3S2/c1-5-14-34(15-6-1)51(35-16-7-2-8-17-35)38-25-24-32-29-42-45(30-33(32)28-38)55-50-46(42)40-22-13-23-41-47-43-31-39(26-27-44(43)54-49(47)53(50)48(40)41)52(36-18-9-3-10-19-36)37-20-11-4-12-21-37/h1-31H. The Morgan fingerprint density at radius 2 is 0.800 bits per heavy atom. The van der Waals surface area contributed by atoms with Crippen LogP contribution in [-0.4, -0.2) is 4.40 Å². The number of benzene rings is 8. The Morgan fingerprint density at radius 1 is 0.327 bits per heavy atom. The van der Waals surface area contributed by atoms with E-state index < -0.39 is 0 Å². The number of rotatable bonds is 6. The number of thiophene rings is 2. The van der Waals surface area contributed by atoms with Crippen molar-refractivity contribution in [3.05, 3.63) is 188 Å². The van der Waals surface area contributed by atoms with E-state index in [4.69, 9.17) is 0 Å². The minimum atomic E-state index is 1.14. The maximum Gasteiger partial charge on any atom is 0.110 e. The molecule has 0 aliphatic heterocycles. The van der Waals surface area contributed by atoms with Crippen LogP contribution in [0, 0.1) is 0 Å². The summed E-state index contributed by atoms with van der Waals surface area (Å²) in [4.78, 5) is 7.34. The lowest BCUT2D eigenvalue weighted by Crippen LogP contribution is -2.09. The van der Waals surface area contributed by atoms with E-state index in [2.05, 4.69) is 202 Å². The molecule has 0 radical (unpaired) electrons. The van der Waals surface area contributed by atoms with Gasteiger partial charge in [-0.25, -0.2) is 0 Å². The third kappa shape index (κ3) is 4.61. The topological polar surface area (TPSA) is 10.9 Å². The van der Waals surface area contributed by atoms with Crippen LogP contribution in [0.3, 0.4) is 0 Å². The summed E-state index contributed by atoms with van der Waals surface area (Å²) in [5.74, 6) is 0. The van der Waals surface area contributed by atoms with Gasteiger partial charge < -0.3 is 9.80 Å². The molecule has 0 N–H and O–H groups in total. The van der Waals surface area contributed by atoms with Crippen molar-refractivity contribution in [2.45, 2.75) is 0 Å². The van der Waals surface area contributed by atoms with Crippen molar-refractivity contribution in [1.29, 1.82) is 0 Å². The van der Waals surface area contributed by atoms with Crippen molar-refractivity contribution in [2.24, 2.45) is 0 Å². The molecule has 12 rings (SSSR count). The number of hydrogen-bond donors (Lipinski definition) is 0. The summed E-state index contributed by atoms with van der Waals surface area (Å²) in [7, 11) is 0. The number of nitrogens with zero attached hydrogens (tertiary/aromatic N) is 3. The zero-order chi connectivity index (χ0) is 36.0. The smallest absolute Gasteiger partial charge is 0.110 e. The Bertz CT molecular complexity index is 3290. The van der Waals surface area contributed by atoms with Crippen molar-refractivity contribution in [3.8, 4) is 0 Å². The lowest BCUT2D eigenvalue weighted by Gasteiger charge is -2.25. The van der Waals surface area contributed by atoms with Crippen molar-refractivity contribution in [1.82, 2.24) is 4.40 Å². The Labute approximate surface area is 325 Å². The number of anilines is 6. The van der Waals surface area contributed by atoms with E-state index in [-0.39, 0.29) is 0 Å². The van der Waals surface area contributed by atoms with Crippen LogP contribution < -0.4 is 9.80 Å². The molecule has 4 aromatic heterocycles. The summed E-state index contributed by atoms with van der Waals surface area (Å²) in [6.07, 6.45) is 0. The van der Waals surface area contributed by atoms with Gasteiger partial charge in [0.05, 0.1) is 5.52 Å². The van der Waals surface area contributed by atoms with Crippen molar-refractivity contribution in [3.63, 3.8) is 0 Å². The molecule has 55 heavy (non-hydrogen) atoms. The second-order valence-corrected chi connectivity index (χ2v) is 16.2. The van der Waals surface area contributed by atoms with Crippen LogP contribution in [0.1, 0.15) is 0 Å². The van der Waals surface area contributed by atoms with Crippen LogP contribution in [0.25, 0.3) is 67.7 Å². The lowest BCUT2D eigenvalue weighted by atomic mass is 10.0.